The molecule has 0 bridgehead atoms. The Morgan fingerprint density at radius 3 is 2.12 bits per heavy atom. The van der Waals surface area contributed by atoms with E-state index in [4.69, 9.17) is 0 Å². The summed E-state index contributed by atoms with van der Waals surface area (Å²) in [5.74, 6) is 0. The maximum atomic E-state index is 13.1. The molecule has 1 aromatic carbocycles. The second kappa shape index (κ2) is 5.45. The number of anilines is 1. The number of hydrogen-bond acceptors (Lipinski definition) is 2. The normalized spacial score (nSPS) is 14.8. The molecule has 1 aromatic rings. The lowest BCUT2D eigenvalue weighted by Crippen LogP contribution is -2.45. The molecule has 0 amide bonds. The van der Waals surface area contributed by atoms with Crippen LogP contribution in [0.1, 0.15) is 19.4 Å². The molecule has 0 saturated carbocycles. The average Bonchev–Trinajstić information content (AvgIpc) is 2.29. The SMILES string of the molecule is CCNC(C)(c1ccc(N(C)C)cc1)C(F)F. The molecule has 1 rings (SSSR count). The van der Waals surface area contributed by atoms with Crippen LogP contribution in [0.4, 0.5) is 14.5 Å². The van der Waals surface area contributed by atoms with Gasteiger partial charge in [-0.2, -0.15) is 0 Å². The highest BCUT2D eigenvalue weighted by atomic mass is 19.3. The van der Waals surface area contributed by atoms with Crippen molar-refractivity contribution in [2.24, 2.45) is 0 Å². The third-order valence-corrected chi connectivity index (χ3v) is 2.96. The van der Waals surface area contributed by atoms with E-state index in [-0.39, 0.29) is 0 Å². The minimum atomic E-state index is -2.44. The smallest absolute Gasteiger partial charge is 0.260 e. The van der Waals surface area contributed by atoms with E-state index in [0.717, 1.165) is 5.69 Å². The van der Waals surface area contributed by atoms with Crippen molar-refractivity contribution in [1.82, 2.24) is 5.32 Å². The van der Waals surface area contributed by atoms with Gasteiger partial charge in [-0.05, 0) is 31.2 Å². The van der Waals surface area contributed by atoms with E-state index in [1.807, 2.05) is 38.1 Å². The second-order valence-electron chi connectivity index (χ2n) is 4.47. The third kappa shape index (κ3) is 2.94. The Morgan fingerprint density at radius 1 is 1.24 bits per heavy atom. The van der Waals surface area contributed by atoms with Gasteiger partial charge < -0.3 is 10.2 Å². The van der Waals surface area contributed by atoms with Crippen molar-refractivity contribution in [3.8, 4) is 0 Å². The largest absolute Gasteiger partial charge is 0.378 e. The highest BCUT2D eigenvalue weighted by Gasteiger charge is 2.35. The van der Waals surface area contributed by atoms with Crippen molar-refractivity contribution < 1.29 is 8.78 Å². The van der Waals surface area contributed by atoms with Gasteiger partial charge in [0.2, 0.25) is 0 Å². The first-order chi connectivity index (χ1) is 7.91. The second-order valence-corrected chi connectivity index (χ2v) is 4.47. The van der Waals surface area contributed by atoms with Gasteiger partial charge in [0.1, 0.15) is 5.54 Å². The van der Waals surface area contributed by atoms with Crippen molar-refractivity contribution in [2.45, 2.75) is 25.8 Å². The van der Waals surface area contributed by atoms with Crippen molar-refractivity contribution in [1.29, 1.82) is 0 Å². The Labute approximate surface area is 102 Å². The molecule has 0 aliphatic rings. The molecule has 4 heteroatoms. The zero-order valence-corrected chi connectivity index (χ0v) is 10.8. The van der Waals surface area contributed by atoms with Crippen LogP contribution in [0.15, 0.2) is 24.3 Å². The summed E-state index contributed by atoms with van der Waals surface area (Å²) in [4.78, 5) is 1.94. The first-order valence-corrected chi connectivity index (χ1v) is 5.73. The Balaban J connectivity index is 3.04. The summed E-state index contributed by atoms with van der Waals surface area (Å²) >= 11 is 0. The lowest BCUT2D eigenvalue weighted by Gasteiger charge is -2.30. The average molecular weight is 242 g/mol. The van der Waals surface area contributed by atoms with E-state index in [1.54, 1.807) is 12.1 Å². The maximum Gasteiger partial charge on any atom is 0.260 e. The molecular weight excluding hydrogens is 222 g/mol. The van der Waals surface area contributed by atoms with E-state index in [9.17, 15) is 8.78 Å². The predicted molar refractivity (Wildman–Crippen MR) is 67.8 cm³/mol. The van der Waals surface area contributed by atoms with Crippen molar-refractivity contribution >= 4 is 5.69 Å². The third-order valence-electron chi connectivity index (χ3n) is 2.96. The summed E-state index contributed by atoms with van der Waals surface area (Å²) in [5.41, 5.74) is 0.335. The van der Waals surface area contributed by atoms with E-state index in [0.29, 0.717) is 12.1 Å². The van der Waals surface area contributed by atoms with Crippen molar-refractivity contribution in [3.05, 3.63) is 29.8 Å². The van der Waals surface area contributed by atoms with Gasteiger partial charge in [0.05, 0.1) is 0 Å². The molecule has 0 heterocycles. The van der Waals surface area contributed by atoms with Crippen LogP contribution in [0.3, 0.4) is 0 Å². The molecule has 96 valence electrons. The van der Waals surface area contributed by atoms with Gasteiger partial charge in [-0.25, -0.2) is 8.78 Å². The number of alkyl halides is 2. The Kier molecular flexibility index (Phi) is 4.46. The van der Waals surface area contributed by atoms with Gasteiger partial charge in [0.25, 0.3) is 6.43 Å². The highest BCUT2D eigenvalue weighted by molar-refractivity contribution is 5.47. The zero-order valence-electron chi connectivity index (χ0n) is 10.8. The monoisotopic (exact) mass is 242 g/mol. The van der Waals surface area contributed by atoms with Crippen LogP contribution < -0.4 is 10.2 Å². The minimum Gasteiger partial charge on any atom is -0.378 e. The Hall–Kier alpha value is -1.16. The fraction of sp³-hybridized carbons (Fsp3) is 0.538. The van der Waals surface area contributed by atoms with Gasteiger partial charge in [0.15, 0.2) is 0 Å². The fourth-order valence-corrected chi connectivity index (χ4v) is 1.78. The molecule has 17 heavy (non-hydrogen) atoms. The van der Waals surface area contributed by atoms with Crippen LogP contribution in [-0.4, -0.2) is 27.1 Å². The van der Waals surface area contributed by atoms with Gasteiger partial charge in [-0.3, -0.25) is 0 Å². The molecule has 0 saturated heterocycles. The number of nitrogens with one attached hydrogen (secondary N) is 1. The highest BCUT2D eigenvalue weighted by Crippen LogP contribution is 2.29. The van der Waals surface area contributed by atoms with Crippen LogP contribution in [-0.2, 0) is 5.54 Å². The number of nitrogens with zero attached hydrogens (tertiary/aromatic N) is 1. The number of halogens is 2. The molecule has 0 aromatic heterocycles. The summed E-state index contributed by atoms with van der Waals surface area (Å²) in [6.45, 7) is 3.87. The van der Waals surface area contributed by atoms with E-state index in [2.05, 4.69) is 5.32 Å². The van der Waals surface area contributed by atoms with Crippen LogP contribution in [0.5, 0.6) is 0 Å². The molecule has 0 aliphatic carbocycles. The Morgan fingerprint density at radius 2 is 1.76 bits per heavy atom. The predicted octanol–water partition coefficient (Wildman–Crippen LogP) is 2.84. The van der Waals surface area contributed by atoms with Gasteiger partial charge in [-0.1, -0.05) is 19.1 Å². The Bertz CT molecular complexity index is 349. The van der Waals surface area contributed by atoms with Gasteiger partial charge in [-0.15, -0.1) is 0 Å². The molecule has 0 radical (unpaired) electrons. The first-order valence-electron chi connectivity index (χ1n) is 5.73. The minimum absolute atomic E-state index is 0.510. The van der Waals surface area contributed by atoms with E-state index in [1.165, 1.54) is 6.92 Å². The number of rotatable bonds is 5. The van der Waals surface area contributed by atoms with Crippen molar-refractivity contribution in [3.63, 3.8) is 0 Å². The molecule has 2 nitrogen and oxygen atoms in total. The van der Waals surface area contributed by atoms with E-state index < -0.39 is 12.0 Å². The quantitative estimate of drug-likeness (QED) is 0.854. The van der Waals surface area contributed by atoms with Crippen LogP contribution in [0.2, 0.25) is 0 Å². The summed E-state index contributed by atoms with van der Waals surface area (Å²) in [6, 6.07) is 7.22. The maximum absolute atomic E-state index is 13.1. The standard InChI is InChI=1S/C13H20F2N2/c1-5-16-13(2,12(14)15)10-6-8-11(9-7-10)17(3)4/h6-9,12,16H,5H2,1-4H3. The number of hydrogen-bond donors (Lipinski definition) is 1. The molecule has 0 aliphatic heterocycles. The molecular formula is C13H20F2N2. The summed E-state index contributed by atoms with van der Waals surface area (Å²) in [7, 11) is 3.84. The van der Waals surface area contributed by atoms with Gasteiger partial charge >= 0.3 is 0 Å². The summed E-state index contributed by atoms with van der Waals surface area (Å²) in [5, 5.41) is 2.86. The lowest BCUT2D eigenvalue weighted by atomic mass is 9.92. The molecule has 0 fully saturated rings. The number of benzene rings is 1. The molecule has 1 atom stereocenters. The molecule has 1 N–H and O–H groups in total. The molecule has 1 unspecified atom stereocenters. The lowest BCUT2D eigenvalue weighted by molar-refractivity contribution is 0.0394. The van der Waals surface area contributed by atoms with Crippen LogP contribution >= 0.6 is 0 Å². The van der Waals surface area contributed by atoms with Crippen LogP contribution in [0, 0.1) is 0 Å². The first kappa shape index (κ1) is 13.9. The summed E-state index contributed by atoms with van der Waals surface area (Å²) in [6.07, 6.45) is -2.44. The zero-order chi connectivity index (χ0) is 13.1. The van der Waals surface area contributed by atoms with E-state index >= 15 is 0 Å². The van der Waals surface area contributed by atoms with Crippen molar-refractivity contribution in [2.75, 3.05) is 25.5 Å². The fourth-order valence-electron chi connectivity index (χ4n) is 1.78. The van der Waals surface area contributed by atoms with Gasteiger partial charge in [0, 0.05) is 19.8 Å². The van der Waals surface area contributed by atoms with Crippen LogP contribution in [0.25, 0.3) is 0 Å². The topological polar surface area (TPSA) is 15.3 Å². The molecule has 0 spiro atoms. The summed E-state index contributed by atoms with van der Waals surface area (Å²) < 4.78 is 26.3.